The number of rotatable bonds is 4. The number of ether oxygens (including phenoxy) is 2. The number of aryl methyl sites for hydroxylation is 1. The maximum absolute atomic E-state index is 13.0. The van der Waals surface area contributed by atoms with E-state index in [-0.39, 0.29) is 10.8 Å². The van der Waals surface area contributed by atoms with E-state index in [2.05, 4.69) is 14.9 Å². The molecule has 0 bridgehead atoms. The predicted molar refractivity (Wildman–Crippen MR) is 110 cm³/mol. The summed E-state index contributed by atoms with van der Waals surface area (Å²) in [6.07, 6.45) is -0.679. The number of hydrogen-bond acceptors (Lipinski definition) is 6. The third kappa shape index (κ3) is 4.01. The molecule has 29 heavy (non-hydrogen) atoms. The first-order chi connectivity index (χ1) is 13.8. The topological polar surface area (TPSA) is 97.0 Å². The molecule has 0 aromatic heterocycles. The SMILES string of the molecule is Cc1cc2c(cc1S(=O)(=O)Nc1ccc(N3CCOCC3)cc1)OC(C)C(=O)N2. The molecular weight excluding hydrogens is 394 g/mol. The van der Waals surface area contributed by atoms with E-state index in [4.69, 9.17) is 9.47 Å². The van der Waals surface area contributed by atoms with Crippen molar-refractivity contribution in [3.05, 3.63) is 42.0 Å². The van der Waals surface area contributed by atoms with Crippen LogP contribution in [0.15, 0.2) is 41.3 Å². The van der Waals surface area contributed by atoms with E-state index in [1.165, 1.54) is 6.07 Å². The highest BCUT2D eigenvalue weighted by Crippen LogP contribution is 2.35. The molecule has 0 saturated carbocycles. The van der Waals surface area contributed by atoms with Crippen molar-refractivity contribution in [2.24, 2.45) is 0 Å². The van der Waals surface area contributed by atoms with Gasteiger partial charge in [-0.2, -0.15) is 0 Å². The van der Waals surface area contributed by atoms with Crippen molar-refractivity contribution >= 4 is 33.0 Å². The highest BCUT2D eigenvalue weighted by atomic mass is 32.2. The number of nitrogens with one attached hydrogen (secondary N) is 2. The normalized spacial score (nSPS) is 19.2. The third-order valence-corrected chi connectivity index (χ3v) is 6.52. The van der Waals surface area contributed by atoms with Gasteiger partial charge in [-0.3, -0.25) is 9.52 Å². The number of benzene rings is 2. The zero-order valence-electron chi connectivity index (χ0n) is 16.3. The molecule has 1 atom stereocenters. The maximum atomic E-state index is 13.0. The molecule has 1 saturated heterocycles. The number of carbonyl (C=O) groups is 1. The van der Waals surface area contributed by atoms with Crippen LogP contribution in [0.4, 0.5) is 17.1 Å². The van der Waals surface area contributed by atoms with Crippen LogP contribution in [0.25, 0.3) is 0 Å². The minimum Gasteiger partial charge on any atom is -0.479 e. The van der Waals surface area contributed by atoms with Crippen molar-refractivity contribution in [2.45, 2.75) is 24.8 Å². The molecule has 2 aromatic rings. The molecule has 0 radical (unpaired) electrons. The van der Waals surface area contributed by atoms with Gasteiger partial charge < -0.3 is 19.7 Å². The van der Waals surface area contributed by atoms with Gasteiger partial charge in [-0.25, -0.2) is 8.42 Å². The summed E-state index contributed by atoms with van der Waals surface area (Å²) < 4.78 is 39.4. The molecule has 2 N–H and O–H groups in total. The highest BCUT2D eigenvalue weighted by Gasteiger charge is 2.27. The lowest BCUT2D eigenvalue weighted by molar-refractivity contribution is -0.122. The molecule has 2 aliphatic rings. The summed E-state index contributed by atoms with van der Waals surface area (Å²) in [5, 5.41) is 2.72. The Morgan fingerprint density at radius 3 is 2.52 bits per heavy atom. The van der Waals surface area contributed by atoms with Crippen LogP contribution in [0.3, 0.4) is 0 Å². The van der Waals surface area contributed by atoms with Crippen LogP contribution in [0.2, 0.25) is 0 Å². The molecule has 0 aliphatic carbocycles. The zero-order chi connectivity index (χ0) is 20.6. The van der Waals surface area contributed by atoms with E-state index in [0.717, 1.165) is 18.8 Å². The van der Waals surface area contributed by atoms with E-state index in [1.807, 2.05) is 12.1 Å². The van der Waals surface area contributed by atoms with E-state index in [9.17, 15) is 13.2 Å². The van der Waals surface area contributed by atoms with Gasteiger partial charge in [-0.15, -0.1) is 0 Å². The fourth-order valence-electron chi connectivity index (χ4n) is 3.40. The quantitative estimate of drug-likeness (QED) is 0.793. The Labute approximate surface area is 169 Å². The van der Waals surface area contributed by atoms with Crippen molar-refractivity contribution in [1.82, 2.24) is 0 Å². The average Bonchev–Trinajstić information content (AvgIpc) is 2.70. The molecule has 2 heterocycles. The van der Waals surface area contributed by atoms with Crippen molar-refractivity contribution in [1.29, 1.82) is 0 Å². The summed E-state index contributed by atoms with van der Waals surface area (Å²) >= 11 is 0. The highest BCUT2D eigenvalue weighted by molar-refractivity contribution is 7.92. The molecule has 1 amide bonds. The number of hydrogen-bond donors (Lipinski definition) is 2. The minimum atomic E-state index is -3.82. The average molecular weight is 417 g/mol. The number of amides is 1. The molecule has 154 valence electrons. The first-order valence-corrected chi connectivity index (χ1v) is 10.9. The number of sulfonamides is 1. The summed E-state index contributed by atoms with van der Waals surface area (Å²) in [5.41, 5.74) is 2.49. The van der Waals surface area contributed by atoms with Crippen LogP contribution in [0, 0.1) is 6.92 Å². The van der Waals surface area contributed by atoms with Gasteiger partial charge in [0.25, 0.3) is 15.9 Å². The van der Waals surface area contributed by atoms with Gasteiger partial charge in [0.15, 0.2) is 6.10 Å². The first kappa shape index (κ1) is 19.5. The van der Waals surface area contributed by atoms with E-state index >= 15 is 0 Å². The van der Waals surface area contributed by atoms with Crippen LogP contribution in [-0.2, 0) is 19.6 Å². The van der Waals surface area contributed by atoms with Crippen molar-refractivity contribution in [3.8, 4) is 5.75 Å². The second kappa shape index (κ2) is 7.57. The Morgan fingerprint density at radius 1 is 1.14 bits per heavy atom. The number of anilines is 3. The van der Waals surface area contributed by atoms with Gasteiger partial charge in [-0.05, 0) is 49.7 Å². The molecule has 2 aliphatic heterocycles. The van der Waals surface area contributed by atoms with E-state index in [0.29, 0.717) is 35.9 Å². The predicted octanol–water partition coefficient (Wildman–Crippen LogP) is 2.35. The summed E-state index contributed by atoms with van der Waals surface area (Å²) in [5.74, 6) is 0.0803. The van der Waals surface area contributed by atoms with E-state index in [1.54, 1.807) is 32.0 Å². The number of morpholine rings is 1. The van der Waals surface area contributed by atoms with Gasteiger partial charge in [0.2, 0.25) is 0 Å². The number of fused-ring (bicyclic) bond motifs is 1. The first-order valence-electron chi connectivity index (χ1n) is 9.41. The van der Waals surface area contributed by atoms with Gasteiger partial charge in [-0.1, -0.05) is 0 Å². The summed E-state index contributed by atoms with van der Waals surface area (Å²) in [6.45, 7) is 6.30. The lowest BCUT2D eigenvalue weighted by Gasteiger charge is -2.29. The molecule has 9 heteroatoms. The largest absolute Gasteiger partial charge is 0.479 e. The Morgan fingerprint density at radius 2 is 1.83 bits per heavy atom. The molecule has 8 nitrogen and oxygen atoms in total. The Hall–Kier alpha value is -2.78. The fourth-order valence-corrected chi connectivity index (χ4v) is 4.71. The lowest BCUT2D eigenvalue weighted by atomic mass is 10.1. The summed E-state index contributed by atoms with van der Waals surface area (Å²) in [6, 6.07) is 10.3. The van der Waals surface area contributed by atoms with Crippen LogP contribution < -0.4 is 19.7 Å². The Bertz CT molecular complexity index is 1030. The van der Waals surface area contributed by atoms with Crippen molar-refractivity contribution in [2.75, 3.05) is 41.2 Å². The summed E-state index contributed by atoms with van der Waals surface area (Å²) in [7, 11) is -3.82. The van der Waals surface area contributed by atoms with E-state index < -0.39 is 16.1 Å². The lowest BCUT2D eigenvalue weighted by Crippen LogP contribution is -2.36. The van der Waals surface area contributed by atoms with Gasteiger partial charge in [0, 0.05) is 30.5 Å². The molecule has 1 fully saturated rings. The van der Waals surface area contributed by atoms with Gasteiger partial charge in [0.05, 0.1) is 23.8 Å². The van der Waals surface area contributed by atoms with Crippen LogP contribution >= 0.6 is 0 Å². The monoisotopic (exact) mass is 417 g/mol. The Balaban J connectivity index is 1.56. The van der Waals surface area contributed by atoms with Crippen molar-refractivity contribution in [3.63, 3.8) is 0 Å². The van der Waals surface area contributed by atoms with Crippen molar-refractivity contribution < 1.29 is 22.7 Å². The minimum absolute atomic E-state index is 0.108. The number of carbonyl (C=O) groups excluding carboxylic acids is 1. The standard InChI is InChI=1S/C20H23N3O5S/c1-13-11-17-18(28-14(2)20(24)21-17)12-19(13)29(25,26)22-15-3-5-16(6-4-15)23-7-9-27-10-8-23/h3-6,11-12,14,22H,7-10H2,1-2H3,(H,21,24). The number of nitrogens with zero attached hydrogens (tertiary/aromatic N) is 1. The Kier molecular flexibility index (Phi) is 5.10. The molecule has 2 aromatic carbocycles. The smallest absolute Gasteiger partial charge is 0.265 e. The molecular formula is C20H23N3O5S. The van der Waals surface area contributed by atoms with Gasteiger partial charge >= 0.3 is 0 Å². The zero-order valence-corrected chi connectivity index (χ0v) is 17.1. The molecule has 1 unspecified atom stereocenters. The second-order valence-electron chi connectivity index (χ2n) is 7.11. The van der Waals surface area contributed by atoms with Crippen LogP contribution in [0.5, 0.6) is 5.75 Å². The molecule has 4 rings (SSSR count). The van der Waals surface area contributed by atoms with Crippen LogP contribution in [-0.4, -0.2) is 46.7 Å². The van der Waals surface area contributed by atoms with Crippen LogP contribution in [0.1, 0.15) is 12.5 Å². The maximum Gasteiger partial charge on any atom is 0.265 e. The summed E-state index contributed by atoms with van der Waals surface area (Å²) in [4.78, 5) is 14.1. The second-order valence-corrected chi connectivity index (χ2v) is 8.77. The third-order valence-electron chi connectivity index (χ3n) is 4.99. The van der Waals surface area contributed by atoms with Gasteiger partial charge in [0.1, 0.15) is 5.75 Å². The molecule has 0 spiro atoms. The fraction of sp³-hybridized carbons (Fsp3) is 0.350.